The van der Waals surface area contributed by atoms with Gasteiger partial charge in [-0.15, -0.1) is 10.2 Å². The van der Waals surface area contributed by atoms with Crippen LogP contribution in [0, 0.1) is 5.82 Å². The lowest BCUT2D eigenvalue weighted by molar-refractivity contribution is -0.0821. The first kappa shape index (κ1) is 13.1. The van der Waals surface area contributed by atoms with Gasteiger partial charge in [0.2, 0.25) is 5.89 Å². The van der Waals surface area contributed by atoms with Crippen LogP contribution in [0.2, 0.25) is 0 Å². The van der Waals surface area contributed by atoms with E-state index in [-0.39, 0.29) is 23.7 Å². The monoisotopic (exact) mass is 278 g/mol. The normalized spacial score (nSPS) is 23.9. The molecule has 0 saturated carbocycles. The fraction of sp³-hybridized carbons (Fsp3) is 0.462. The molecule has 2 atom stereocenters. The van der Waals surface area contributed by atoms with Crippen LogP contribution in [-0.2, 0) is 4.74 Å². The standard InChI is InChI=1S/C13H15FN4O2/c1-8-6-18(2)7-11(19-8)13-17-16-12(20-13)9-3-4-15-5-10(9)14/h3-5,8,11H,6-7H2,1-2H3/t8-,11-/m1/s1. The Morgan fingerprint density at radius 3 is 2.95 bits per heavy atom. The molecule has 0 aliphatic carbocycles. The molecule has 106 valence electrons. The van der Waals surface area contributed by atoms with E-state index in [1.165, 1.54) is 12.3 Å². The van der Waals surface area contributed by atoms with Crippen molar-refractivity contribution >= 4 is 0 Å². The minimum Gasteiger partial charge on any atom is -0.418 e. The van der Waals surface area contributed by atoms with Gasteiger partial charge in [-0.3, -0.25) is 4.98 Å². The molecule has 3 rings (SSSR count). The number of likely N-dealkylation sites (N-methyl/N-ethyl adjacent to an activating group) is 1. The highest BCUT2D eigenvalue weighted by molar-refractivity contribution is 5.52. The van der Waals surface area contributed by atoms with Crippen molar-refractivity contribution in [3.05, 3.63) is 30.2 Å². The summed E-state index contributed by atoms with van der Waals surface area (Å²) in [7, 11) is 2.01. The molecule has 0 amide bonds. The quantitative estimate of drug-likeness (QED) is 0.832. The average Bonchev–Trinajstić information content (AvgIpc) is 2.87. The number of rotatable bonds is 2. The highest BCUT2D eigenvalue weighted by atomic mass is 19.1. The second-order valence-corrected chi connectivity index (χ2v) is 4.96. The first-order chi connectivity index (χ1) is 9.63. The van der Waals surface area contributed by atoms with Crippen LogP contribution in [0.5, 0.6) is 0 Å². The average molecular weight is 278 g/mol. The van der Waals surface area contributed by atoms with Gasteiger partial charge in [-0.05, 0) is 20.0 Å². The lowest BCUT2D eigenvalue weighted by Crippen LogP contribution is -2.40. The number of hydrogen-bond donors (Lipinski definition) is 0. The Morgan fingerprint density at radius 2 is 2.20 bits per heavy atom. The largest absolute Gasteiger partial charge is 0.418 e. The Balaban J connectivity index is 1.85. The van der Waals surface area contributed by atoms with Crippen LogP contribution in [0.25, 0.3) is 11.5 Å². The molecule has 1 saturated heterocycles. The number of morpholine rings is 1. The number of hydrogen-bond acceptors (Lipinski definition) is 6. The van der Waals surface area contributed by atoms with Crippen molar-refractivity contribution in [2.75, 3.05) is 20.1 Å². The zero-order chi connectivity index (χ0) is 14.1. The molecule has 7 heteroatoms. The molecule has 0 bridgehead atoms. The highest BCUT2D eigenvalue weighted by Gasteiger charge is 2.29. The predicted molar refractivity (Wildman–Crippen MR) is 68.3 cm³/mol. The molecular formula is C13H15FN4O2. The Kier molecular flexibility index (Phi) is 3.45. The summed E-state index contributed by atoms with van der Waals surface area (Å²) in [5.41, 5.74) is 0.246. The van der Waals surface area contributed by atoms with Crippen molar-refractivity contribution < 1.29 is 13.5 Å². The number of halogens is 1. The summed E-state index contributed by atoms with van der Waals surface area (Å²) in [5.74, 6) is 0.0248. The number of nitrogens with zero attached hydrogens (tertiary/aromatic N) is 4. The summed E-state index contributed by atoms with van der Waals surface area (Å²) in [5, 5.41) is 7.86. The third-order valence-corrected chi connectivity index (χ3v) is 3.16. The smallest absolute Gasteiger partial charge is 0.250 e. The van der Waals surface area contributed by atoms with Crippen LogP contribution in [0.4, 0.5) is 4.39 Å². The van der Waals surface area contributed by atoms with Gasteiger partial charge in [0, 0.05) is 19.3 Å². The Bertz CT molecular complexity index is 594. The van der Waals surface area contributed by atoms with Crippen molar-refractivity contribution in [3.63, 3.8) is 0 Å². The van der Waals surface area contributed by atoms with E-state index in [9.17, 15) is 4.39 Å². The molecular weight excluding hydrogens is 263 g/mol. The maximum absolute atomic E-state index is 13.6. The molecule has 20 heavy (non-hydrogen) atoms. The van der Waals surface area contributed by atoms with Crippen molar-refractivity contribution in [3.8, 4) is 11.5 Å². The van der Waals surface area contributed by atoms with E-state index in [4.69, 9.17) is 9.15 Å². The summed E-state index contributed by atoms with van der Waals surface area (Å²) in [6, 6.07) is 1.50. The second-order valence-electron chi connectivity index (χ2n) is 4.96. The SMILES string of the molecule is C[C@@H]1CN(C)C[C@H](c2nnc(-c3ccncc3F)o2)O1. The maximum atomic E-state index is 13.6. The third kappa shape index (κ3) is 2.54. The van der Waals surface area contributed by atoms with Crippen molar-refractivity contribution in [1.82, 2.24) is 20.1 Å². The lowest BCUT2D eigenvalue weighted by Gasteiger charge is -2.32. The lowest BCUT2D eigenvalue weighted by atomic mass is 10.2. The fourth-order valence-corrected chi connectivity index (χ4v) is 2.32. The van der Waals surface area contributed by atoms with E-state index < -0.39 is 5.82 Å². The van der Waals surface area contributed by atoms with Gasteiger partial charge >= 0.3 is 0 Å². The molecule has 0 spiro atoms. The molecule has 3 heterocycles. The number of pyridine rings is 1. The van der Waals surface area contributed by atoms with Crippen LogP contribution >= 0.6 is 0 Å². The van der Waals surface area contributed by atoms with Crippen molar-refractivity contribution in [2.24, 2.45) is 0 Å². The number of aromatic nitrogens is 3. The molecule has 1 aliphatic heterocycles. The second kappa shape index (κ2) is 5.26. The minimum atomic E-state index is -0.488. The molecule has 6 nitrogen and oxygen atoms in total. The van der Waals surface area contributed by atoms with Gasteiger partial charge in [-0.25, -0.2) is 4.39 Å². The topological polar surface area (TPSA) is 64.3 Å². The molecule has 0 radical (unpaired) electrons. The van der Waals surface area contributed by atoms with E-state index in [0.29, 0.717) is 12.4 Å². The molecule has 0 unspecified atom stereocenters. The van der Waals surface area contributed by atoms with Gasteiger partial charge < -0.3 is 14.1 Å². The van der Waals surface area contributed by atoms with Gasteiger partial charge in [-0.1, -0.05) is 0 Å². The van der Waals surface area contributed by atoms with E-state index >= 15 is 0 Å². The van der Waals surface area contributed by atoms with E-state index in [1.54, 1.807) is 0 Å². The molecule has 0 aromatic carbocycles. The Hall–Kier alpha value is -1.86. The Morgan fingerprint density at radius 1 is 1.35 bits per heavy atom. The first-order valence-corrected chi connectivity index (χ1v) is 6.41. The zero-order valence-electron chi connectivity index (χ0n) is 11.3. The summed E-state index contributed by atoms with van der Waals surface area (Å²) in [6.07, 6.45) is 2.41. The summed E-state index contributed by atoms with van der Waals surface area (Å²) in [6.45, 7) is 3.52. The first-order valence-electron chi connectivity index (χ1n) is 6.41. The predicted octanol–water partition coefficient (Wildman–Crippen LogP) is 1.66. The number of ether oxygens (including phenoxy) is 1. The summed E-state index contributed by atoms with van der Waals surface area (Å²) in [4.78, 5) is 5.83. The van der Waals surface area contributed by atoms with E-state index in [0.717, 1.165) is 12.7 Å². The van der Waals surface area contributed by atoms with Crippen molar-refractivity contribution in [1.29, 1.82) is 0 Å². The van der Waals surface area contributed by atoms with E-state index in [1.807, 2.05) is 14.0 Å². The van der Waals surface area contributed by atoms with Crippen LogP contribution < -0.4 is 0 Å². The minimum absolute atomic E-state index is 0.0896. The van der Waals surface area contributed by atoms with Gasteiger partial charge in [0.05, 0.1) is 17.9 Å². The van der Waals surface area contributed by atoms with Crippen LogP contribution in [-0.4, -0.2) is 46.3 Å². The molecule has 2 aromatic rings. The van der Waals surface area contributed by atoms with Gasteiger partial charge in [-0.2, -0.15) is 0 Å². The van der Waals surface area contributed by atoms with Crippen LogP contribution in [0.3, 0.4) is 0 Å². The maximum Gasteiger partial charge on any atom is 0.250 e. The highest BCUT2D eigenvalue weighted by Crippen LogP contribution is 2.27. The third-order valence-electron chi connectivity index (χ3n) is 3.16. The molecule has 1 fully saturated rings. The molecule has 1 aliphatic rings. The summed E-state index contributed by atoms with van der Waals surface area (Å²) >= 11 is 0. The van der Waals surface area contributed by atoms with Crippen LogP contribution in [0.1, 0.15) is 18.9 Å². The fourth-order valence-electron chi connectivity index (χ4n) is 2.32. The zero-order valence-corrected chi connectivity index (χ0v) is 11.3. The Labute approximate surface area is 115 Å². The van der Waals surface area contributed by atoms with Gasteiger partial charge in [0.15, 0.2) is 5.82 Å². The van der Waals surface area contributed by atoms with Crippen LogP contribution in [0.15, 0.2) is 22.9 Å². The van der Waals surface area contributed by atoms with Gasteiger partial charge in [0.25, 0.3) is 5.89 Å². The summed E-state index contributed by atoms with van der Waals surface area (Å²) < 4.78 is 24.9. The van der Waals surface area contributed by atoms with E-state index in [2.05, 4.69) is 20.1 Å². The molecule has 0 N–H and O–H groups in total. The van der Waals surface area contributed by atoms with Crippen molar-refractivity contribution in [2.45, 2.75) is 19.1 Å². The molecule has 2 aromatic heterocycles. The van der Waals surface area contributed by atoms with Gasteiger partial charge in [0.1, 0.15) is 6.10 Å².